The predicted octanol–water partition coefficient (Wildman–Crippen LogP) is 4.93. The Labute approximate surface area is 169 Å². The topological polar surface area (TPSA) is 69.7 Å². The molecule has 0 unspecified atom stereocenters. The van der Waals surface area contributed by atoms with Gasteiger partial charge in [-0.05, 0) is 48.9 Å². The predicted molar refractivity (Wildman–Crippen MR) is 113 cm³/mol. The number of nitrogens with zero attached hydrogens (tertiary/aromatic N) is 1. The van der Waals surface area contributed by atoms with Gasteiger partial charge in [-0.1, -0.05) is 24.3 Å². The Morgan fingerprint density at radius 1 is 1.07 bits per heavy atom. The summed E-state index contributed by atoms with van der Waals surface area (Å²) in [6.45, 7) is 2.43. The van der Waals surface area contributed by atoms with Crippen molar-refractivity contribution in [2.45, 2.75) is 6.92 Å². The Bertz CT molecular complexity index is 970. The average molecular weight is 390 g/mol. The van der Waals surface area contributed by atoms with Crippen molar-refractivity contribution >= 4 is 17.7 Å². The zero-order valence-corrected chi connectivity index (χ0v) is 16.3. The van der Waals surface area contributed by atoms with Crippen LogP contribution in [0.5, 0.6) is 23.1 Å². The highest BCUT2D eigenvalue weighted by molar-refractivity contribution is 6.01. The molecule has 0 radical (unpaired) electrons. The molecule has 0 saturated heterocycles. The maximum atomic E-state index is 12.2. The highest BCUT2D eigenvalue weighted by atomic mass is 16.5. The number of methoxy groups -OCH3 is 1. The van der Waals surface area contributed by atoms with Gasteiger partial charge < -0.3 is 19.5 Å². The third kappa shape index (κ3) is 5.84. The Morgan fingerprint density at radius 2 is 1.90 bits per heavy atom. The zero-order valence-electron chi connectivity index (χ0n) is 16.3. The molecule has 0 aliphatic heterocycles. The molecule has 0 spiro atoms. The standard InChI is InChI=1S/C23H22N2O4/c1-3-28-21-15-17(9-12-20(21)27-2)10-13-22(26)25-18-11-14-23(24-16-18)29-19-7-5-4-6-8-19/h4-16H,3H2,1-2H3,(H,25,26)/b13-10+. The second kappa shape index (κ2) is 9.94. The Morgan fingerprint density at radius 3 is 2.59 bits per heavy atom. The highest BCUT2D eigenvalue weighted by Gasteiger charge is 2.05. The Balaban J connectivity index is 1.59. The van der Waals surface area contributed by atoms with Crippen LogP contribution in [0.15, 0.2) is 72.9 Å². The molecule has 0 bridgehead atoms. The summed E-state index contributed by atoms with van der Waals surface area (Å²) in [6, 6.07) is 18.3. The number of carbonyl (C=O) groups is 1. The minimum Gasteiger partial charge on any atom is -0.493 e. The number of benzene rings is 2. The van der Waals surface area contributed by atoms with Crippen LogP contribution >= 0.6 is 0 Å². The fourth-order valence-electron chi connectivity index (χ4n) is 2.54. The van der Waals surface area contributed by atoms with Gasteiger partial charge in [0, 0.05) is 12.1 Å². The van der Waals surface area contributed by atoms with Crippen molar-refractivity contribution in [3.63, 3.8) is 0 Å². The summed E-state index contributed by atoms with van der Waals surface area (Å²) in [4.78, 5) is 16.4. The maximum Gasteiger partial charge on any atom is 0.248 e. The number of carbonyl (C=O) groups excluding carboxylic acids is 1. The molecule has 3 aromatic rings. The van der Waals surface area contributed by atoms with Crippen LogP contribution in [0.2, 0.25) is 0 Å². The number of anilines is 1. The van der Waals surface area contributed by atoms with E-state index in [1.165, 1.54) is 6.08 Å². The van der Waals surface area contributed by atoms with E-state index in [9.17, 15) is 4.79 Å². The van der Waals surface area contributed by atoms with Crippen molar-refractivity contribution in [2.24, 2.45) is 0 Å². The van der Waals surface area contributed by atoms with Crippen LogP contribution in [0.1, 0.15) is 12.5 Å². The first-order valence-electron chi connectivity index (χ1n) is 9.17. The molecule has 29 heavy (non-hydrogen) atoms. The summed E-state index contributed by atoms with van der Waals surface area (Å²) in [7, 11) is 1.59. The number of amides is 1. The smallest absolute Gasteiger partial charge is 0.248 e. The molecule has 0 aliphatic carbocycles. The molecule has 148 valence electrons. The first kappa shape index (κ1) is 19.9. The first-order chi connectivity index (χ1) is 14.2. The zero-order chi connectivity index (χ0) is 20.5. The Hall–Kier alpha value is -3.80. The lowest BCUT2D eigenvalue weighted by Crippen LogP contribution is -2.07. The van der Waals surface area contributed by atoms with Crippen molar-refractivity contribution in [2.75, 3.05) is 19.0 Å². The van der Waals surface area contributed by atoms with Gasteiger partial charge in [0.1, 0.15) is 5.75 Å². The summed E-state index contributed by atoms with van der Waals surface area (Å²) in [5.74, 6) is 2.17. The van der Waals surface area contributed by atoms with Crippen LogP contribution in [0.25, 0.3) is 6.08 Å². The third-order valence-electron chi connectivity index (χ3n) is 3.88. The lowest BCUT2D eigenvalue weighted by atomic mass is 10.2. The van der Waals surface area contributed by atoms with Crippen LogP contribution in [-0.2, 0) is 4.79 Å². The second-order valence-electron chi connectivity index (χ2n) is 5.97. The summed E-state index contributed by atoms with van der Waals surface area (Å²) in [5, 5.41) is 2.77. The fourth-order valence-corrected chi connectivity index (χ4v) is 2.54. The molecule has 0 saturated carbocycles. The number of ether oxygens (including phenoxy) is 3. The molecule has 0 fully saturated rings. The molecule has 1 aromatic heterocycles. The van der Waals surface area contributed by atoms with Gasteiger partial charge in [-0.15, -0.1) is 0 Å². The van der Waals surface area contributed by atoms with Gasteiger partial charge in [0.25, 0.3) is 0 Å². The van der Waals surface area contributed by atoms with Gasteiger partial charge in [0.05, 0.1) is 25.6 Å². The van der Waals surface area contributed by atoms with Crippen LogP contribution in [0.4, 0.5) is 5.69 Å². The first-order valence-corrected chi connectivity index (χ1v) is 9.17. The van der Waals surface area contributed by atoms with E-state index in [-0.39, 0.29) is 5.91 Å². The van der Waals surface area contributed by atoms with E-state index in [2.05, 4.69) is 10.3 Å². The molecular formula is C23H22N2O4. The van der Waals surface area contributed by atoms with Crippen LogP contribution in [0, 0.1) is 0 Å². The molecule has 2 aromatic carbocycles. The molecule has 1 N–H and O–H groups in total. The quantitative estimate of drug-likeness (QED) is 0.552. The molecular weight excluding hydrogens is 368 g/mol. The van der Waals surface area contributed by atoms with E-state index in [1.807, 2.05) is 49.4 Å². The third-order valence-corrected chi connectivity index (χ3v) is 3.88. The number of aromatic nitrogens is 1. The summed E-state index contributed by atoms with van der Waals surface area (Å²) >= 11 is 0. The maximum absolute atomic E-state index is 12.2. The lowest BCUT2D eigenvalue weighted by Gasteiger charge is -2.09. The largest absolute Gasteiger partial charge is 0.493 e. The monoisotopic (exact) mass is 390 g/mol. The fraction of sp³-hybridized carbons (Fsp3) is 0.130. The van der Waals surface area contributed by atoms with Gasteiger partial charge >= 0.3 is 0 Å². The van der Waals surface area contributed by atoms with Crippen molar-refractivity contribution in [1.82, 2.24) is 4.98 Å². The molecule has 1 heterocycles. The van der Waals surface area contributed by atoms with E-state index in [0.717, 1.165) is 5.56 Å². The molecule has 3 rings (SSSR count). The van der Waals surface area contributed by atoms with E-state index < -0.39 is 0 Å². The van der Waals surface area contributed by atoms with Gasteiger partial charge in [0.2, 0.25) is 11.8 Å². The number of rotatable bonds is 8. The second-order valence-corrected chi connectivity index (χ2v) is 5.97. The van der Waals surface area contributed by atoms with Gasteiger partial charge in [-0.2, -0.15) is 0 Å². The van der Waals surface area contributed by atoms with E-state index >= 15 is 0 Å². The van der Waals surface area contributed by atoms with E-state index in [0.29, 0.717) is 35.4 Å². The summed E-state index contributed by atoms with van der Waals surface area (Å²) < 4.78 is 16.4. The SMILES string of the molecule is CCOc1cc(/C=C/C(=O)Nc2ccc(Oc3ccccc3)nc2)ccc1OC. The Kier molecular flexibility index (Phi) is 6.84. The number of hydrogen-bond acceptors (Lipinski definition) is 5. The minimum atomic E-state index is -0.266. The highest BCUT2D eigenvalue weighted by Crippen LogP contribution is 2.28. The van der Waals surface area contributed by atoms with Crippen molar-refractivity contribution < 1.29 is 19.0 Å². The number of pyridine rings is 1. The van der Waals surface area contributed by atoms with Gasteiger partial charge in [-0.3, -0.25) is 4.79 Å². The molecule has 1 amide bonds. The summed E-state index contributed by atoms with van der Waals surface area (Å²) in [6.07, 6.45) is 4.70. The van der Waals surface area contributed by atoms with Crippen LogP contribution in [0.3, 0.4) is 0 Å². The average Bonchev–Trinajstić information content (AvgIpc) is 2.75. The molecule has 0 aliphatic rings. The van der Waals surface area contributed by atoms with Crippen LogP contribution < -0.4 is 19.5 Å². The minimum absolute atomic E-state index is 0.266. The number of nitrogens with one attached hydrogen (secondary N) is 1. The van der Waals surface area contributed by atoms with Crippen LogP contribution in [-0.4, -0.2) is 24.6 Å². The van der Waals surface area contributed by atoms with Gasteiger partial charge in [-0.25, -0.2) is 4.98 Å². The lowest BCUT2D eigenvalue weighted by molar-refractivity contribution is -0.111. The molecule has 0 atom stereocenters. The summed E-state index contributed by atoms with van der Waals surface area (Å²) in [5.41, 5.74) is 1.40. The van der Waals surface area contributed by atoms with Crippen molar-refractivity contribution in [3.8, 4) is 23.1 Å². The number of para-hydroxylation sites is 1. The van der Waals surface area contributed by atoms with E-state index in [1.54, 1.807) is 37.6 Å². The molecule has 6 heteroatoms. The van der Waals surface area contributed by atoms with Gasteiger partial charge in [0.15, 0.2) is 11.5 Å². The molecule has 6 nitrogen and oxygen atoms in total. The number of hydrogen-bond donors (Lipinski definition) is 1. The van der Waals surface area contributed by atoms with E-state index in [4.69, 9.17) is 14.2 Å². The normalized spacial score (nSPS) is 10.6. The van der Waals surface area contributed by atoms with Crippen molar-refractivity contribution in [1.29, 1.82) is 0 Å². The van der Waals surface area contributed by atoms with Crippen molar-refractivity contribution in [3.05, 3.63) is 78.5 Å².